The minimum Gasteiger partial charge on any atom is -0.492 e. The topological polar surface area (TPSA) is 62.4 Å². The molecule has 156 valence electrons. The van der Waals surface area contributed by atoms with Crippen molar-refractivity contribution in [1.29, 1.82) is 0 Å². The van der Waals surface area contributed by atoms with Crippen LogP contribution in [0, 0.1) is 5.92 Å². The van der Waals surface area contributed by atoms with E-state index in [1.54, 1.807) is 12.1 Å². The van der Waals surface area contributed by atoms with E-state index in [4.69, 9.17) is 16.3 Å². The van der Waals surface area contributed by atoms with E-state index in [0.717, 1.165) is 17.7 Å². The summed E-state index contributed by atoms with van der Waals surface area (Å²) >= 11 is 6.25. The van der Waals surface area contributed by atoms with Crippen molar-refractivity contribution in [2.45, 2.75) is 25.7 Å². The zero-order valence-electron chi connectivity index (χ0n) is 15.6. The molecule has 2 atom stereocenters. The second-order valence-corrected chi connectivity index (χ2v) is 7.05. The molecule has 1 aliphatic heterocycles. The van der Waals surface area contributed by atoms with E-state index in [0.29, 0.717) is 29.5 Å². The molecule has 2 unspecified atom stereocenters. The first-order chi connectivity index (χ1) is 13.8. The number of carbonyl (C=O) groups excluding carboxylic acids is 1. The number of halogens is 4. The molecule has 0 aromatic heterocycles. The van der Waals surface area contributed by atoms with Crippen LogP contribution in [0.5, 0.6) is 5.75 Å². The normalized spacial score (nSPS) is 19.2. The highest BCUT2D eigenvalue weighted by Gasteiger charge is 2.34. The molecule has 0 spiro atoms. The maximum Gasteiger partial charge on any atom is 0.416 e. The van der Waals surface area contributed by atoms with Gasteiger partial charge in [0, 0.05) is 13.1 Å². The Bertz CT molecular complexity index is 859. The number of alkyl halides is 3. The van der Waals surface area contributed by atoms with Gasteiger partial charge in [0.15, 0.2) is 0 Å². The molecule has 29 heavy (non-hydrogen) atoms. The number of nitrogens with one attached hydrogen (secondary N) is 3. The summed E-state index contributed by atoms with van der Waals surface area (Å²) in [6.07, 6.45) is -4.38. The zero-order valence-corrected chi connectivity index (χ0v) is 16.4. The molecule has 0 aliphatic carbocycles. The SMILES string of the molecule is CCOc1ccc(C2NNCC2C(=O)NCc2ccc(C(F)(F)F)cc2)cc1Cl. The molecule has 5 nitrogen and oxygen atoms in total. The quantitative estimate of drug-likeness (QED) is 0.655. The number of ether oxygens (including phenoxy) is 1. The van der Waals surface area contributed by atoms with Crippen molar-refractivity contribution in [2.75, 3.05) is 13.2 Å². The van der Waals surface area contributed by atoms with Gasteiger partial charge in [0.25, 0.3) is 0 Å². The predicted octanol–water partition coefficient (Wildman–Crippen LogP) is 3.84. The fourth-order valence-electron chi connectivity index (χ4n) is 3.17. The van der Waals surface area contributed by atoms with Gasteiger partial charge < -0.3 is 10.1 Å². The fraction of sp³-hybridized carbons (Fsp3) is 0.350. The third-order valence-electron chi connectivity index (χ3n) is 4.68. The average molecular weight is 428 g/mol. The van der Waals surface area contributed by atoms with Crippen LogP contribution in [-0.2, 0) is 17.5 Å². The summed E-state index contributed by atoms with van der Waals surface area (Å²) in [5.41, 5.74) is 6.74. The Morgan fingerprint density at radius 1 is 1.24 bits per heavy atom. The lowest BCUT2D eigenvalue weighted by Crippen LogP contribution is -2.34. The van der Waals surface area contributed by atoms with E-state index in [-0.39, 0.29) is 18.5 Å². The van der Waals surface area contributed by atoms with Crippen LogP contribution >= 0.6 is 11.6 Å². The van der Waals surface area contributed by atoms with E-state index in [1.807, 2.05) is 13.0 Å². The van der Waals surface area contributed by atoms with Crippen LogP contribution in [0.4, 0.5) is 13.2 Å². The number of amides is 1. The second-order valence-electron chi connectivity index (χ2n) is 6.64. The molecule has 0 saturated carbocycles. The molecule has 0 bridgehead atoms. The molecule has 1 aliphatic rings. The van der Waals surface area contributed by atoms with Crippen molar-refractivity contribution in [3.8, 4) is 5.75 Å². The maximum atomic E-state index is 12.7. The number of hydrazine groups is 1. The van der Waals surface area contributed by atoms with Gasteiger partial charge >= 0.3 is 6.18 Å². The summed E-state index contributed by atoms with van der Waals surface area (Å²) in [6, 6.07) is 9.80. The van der Waals surface area contributed by atoms with Gasteiger partial charge in [-0.1, -0.05) is 29.8 Å². The molecule has 2 aromatic carbocycles. The molecule has 1 amide bonds. The van der Waals surface area contributed by atoms with Crippen molar-refractivity contribution in [3.05, 3.63) is 64.2 Å². The van der Waals surface area contributed by atoms with Crippen molar-refractivity contribution in [2.24, 2.45) is 5.92 Å². The largest absolute Gasteiger partial charge is 0.492 e. The first-order valence-corrected chi connectivity index (χ1v) is 9.52. The molecule has 3 N–H and O–H groups in total. The molecule has 3 rings (SSSR count). The minimum atomic E-state index is -4.38. The van der Waals surface area contributed by atoms with Gasteiger partial charge in [0.2, 0.25) is 5.91 Å². The van der Waals surface area contributed by atoms with Crippen molar-refractivity contribution >= 4 is 17.5 Å². The van der Waals surface area contributed by atoms with E-state index in [9.17, 15) is 18.0 Å². The Labute approximate surface area is 171 Å². The van der Waals surface area contributed by atoms with Crippen LogP contribution in [0.2, 0.25) is 5.02 Å². The number of benzene rings is 2. The van der Waals surface area contributed by atoms with Crippen LogP contribution in [0.25, 0.3) is 0 Å². The van der Waals surface area contributed by atoms with E-state index in [1.165, 1.54) is 12.1 Å². The van der Waals surface area contributed by atoms with Crippen LogP contribution in [0.1, 0.15) is 29.7 Å². The number of carbonyl (C=O) groups is 1. The number of hydrogen-bond donors (Lipinski definition) is 3. The molecule has 2 aromatic rings. The molecule has 1 fully saturated rings. The summed E-state index contributed by atoms with van der Waals surface area (Å²) in [6.45, 7) is 2.92. The standard InChI is InChI=1S/C20H21ClF3N3O2/c1-2-29-17-8-5-13(9-16(17)21)18-15(11-26-27-18)19(28)25-10-12-3-6-14(7-4-12)20(22,23)24/h3-9,15,18,26-27H,2,10-11H2,1H3,(H,25,28). The van der Waals surface area contributed by atoms with Crippen molar-refractivity contribution in [1.82, 2.24) is 16.2 Å². The van der Waals surface area contributed by atoms with Crippen molar-refractivity contribution in [3.63, 3.8) is 0 Å². The monoisotopic (exact) mass is 427 g/mol. The van der Waals surface area contributed by atoms with E-state index >= 15 is 0 Å². The smallest absolute Gasteiger partial charge is 0.416 e. The van der Waals surface area contributed by atoms with Crippen LogP contribution < -0.4 is 20.9 Å². The summed E-state index contributed by atoms with van der Waals surface area (Å²) in [7, 11) is 0. The van der Waals surface area contributed by atoms with E-state index in [2.05, 4.69) is 16.2 Å². The lowest BCUT2D eigenvalue weighted by molar-refractivity contribution is -0.137. The van der Waals surface area contributed by atoms with Gasteiger partial charge in [-0.15, -0.1) is 0 Å². The summed E-state index contributed by atoms with van der Waals surface area (Å²) < 4.78 is 43.3. The molecule has 1 heterocycles. The number of hydrogen-bond acceptors (Lipinski definition) is 4. The van der Waals surface area contributed by atoms with Gasteiger partial charge in [0.1, 0.15) is 5.75 Å². The second kappa shape index (κ2) is 9.02. The third-order valence-corrected chi connectivity index (χ3v) is 4.98. The molecule has 1 saturated heterocycles. The maximum absolute atomic E-state index is 12.7. The van der Waals surface area contributed by atoms with Crippen LogP contribution in [0.3, 0.4) is 0 Å². The van der Waals surface area contributed by atoms with Crippen molar-refractivity contribution < 1.29 is 22.7 Å². The molecule has 9 heteroatoms. The highest BCUT2D eigenvalue weighted by molar-refractivity contribution is 6.32. The van der Waals surface area contributed by atoms with E-state index < -0.39 is 17.7 Å². The Hall–Kier alpha value is -2.29. The fourth-order valence-corrected chi connectivity index (χ4v) is 3.42. The van der Waals surface area contributed by atoms with Gasteiger partial charge in [-0.3, -0.25) is 10.2 Å². The molecular weight excluding hydrogens is 407 g/mol. The summed E-state index contributed by atoms with van der Waals surface area (Å²) in [5.74, 6) is -0.0389. The Kier molecular flexibility index (Phi) is 6.66. The minimum absolute atomic E-state index is 0.143. The lowest BCUT2D eigenvalue weighted by Gasteiger charge is -2.19. The van der Waals surface area contributed by atoms with Gasteiger partial charge in [-0.05, 0) is 42.3 Å². The van der Waals surface area contributed by atoms with Crippen LogP contribution in [0.15, 0.2) is 42.5 Å². The zero-order chi connectivity index (χ0) is 21.0. The average Bonchev–Trinajstić information content (AvgIpc) is 3.17. The van der Waals surface area contributed by atoms with Crippen LogP contribution in [-0.4, -0.2) is 19.1 Å². The lowest BCUT2D eigenvalue weighted by atomic mass is 9.94. The highest BCUT2D eigenvalue weighted by Crippen LogP contribution is 2.32. The highest BCUT2D eigenvalue weighted by atomic mass is 35.5. The Balaban J connectivity index is 1.63. The first-order valence-electron chi connectivity index (χ1n) is 9.14. The molecule has 0 radical (unpaired) electrons. The first kappa shape index (κ1) is 21.4. The van der Waals surface area contributed by atoms with Gasteiger partial charge in [-0.25, -0.2) is 5.43 Å². The third kappa shape index (κ3) is 5.20. The number of rotatable bonds is 6. The summed E-state index contributed by atoms with van der Waals surface area (Å²) in [4.78, 5) is 12.7. The van der Waals surface area contributed by atoms with Gasteiger partial charge in [0.05, 0.1) is 29.2 Å². The Morgan fingerprint density at radius 3 is 2.59 bits per heavy atom. The summed E-state index contributed by atoms with van der Waals surface area (Å²) in [5, 5.41) is 3.25. The molecular formula is C20H21ClF3N3O2. The predicted molar refractivity (Wildman–Crippen MR) is 103 cm³/mol. The Morgan fingerprint density at radius 2 is 1.97 bits per heavy atom. The van der Waals surface area contributed by atoms with Gasteiger partial charge in [-0.2, -0.15) is 13.2 Å².